The second-order valence-corrected chi connectivity index (χ2v) is 6.93. The van der Waals surface area contributed by atoms with E-state index in [9.17, 15) is 9.90 Å². The molecule has 104 valence electrons. The topological polar surface area (TPSA) is 53.4 Å². The Balaban J connectivity index is 1.89. The number of aromatic nitrogens is 1. The van der Waals surface area contributed by atoms with Crippen LogP contribution in [0.1, 0.15) is 52.5 Å². The molecule has 0 aliphatic carbocycles. The van der Waals surface area contributed by atoms with Crippen LogP contribution >= 0.6 is 11.3 Å². The van der Waals surface area contributed by atoms with Gasteiger partial charge in [-0.1, -0.05) is 0 Å². The van der Waals surface area contributed by atoms with E-state index in [2.05, 4.69) is 4.98 Å². The Hall–Kier alpha value is -0.940. The number of thiazole rings is 1. The fraction of sp³-hybridized carbons (Fsp3) is 0.714. The molecule has 0 aromatic carbocycles. The third-order valence-corrected chi connectivity index (χ3v) is 5.34. The minimum Gasteiger partial charge on any atom is -0.393 e. The zero-order valence-corrected chi connectivity index (χ0v) is 12.2. The lowest BCUT2D eigenvalue weighted by molar-refractivity contribution is -0.0148. The number of aryl methyl sites for hydroxylation is 2. The van der Waals surface area contributed by atoms with Gasteiger partial charge in [-0.3, -0.25) is 4.79 Å². The molecule has 2 saturated heterocycles. The Morgan fingerprint density at radius 3 is 2.47 bits per heavy atom. The van der Waals surface area contributed by atoms with E-state index in [-0.39, 0.29) is 24.1 Å². The van der Waals surface area contributed by atoms with Gasteiger partial charge in [0.25, 0.3) is 5.91 Å². The predicted octanol–water partition coefficient (Wildman–Crippen LogP) is 2.28. The van der Waals surface area contributed by atoms with Crippen LogP contribution in [0.4, 0.5) is 0 Å². The fourth-order valence-corrected chi connectivity index (χ4v) is 4.40. The highest BCUT2D eigenvalue weighted by molar-refractivity contribution is 7.13. The summed E-state index contributed by atoms with van der Waals surface area (Å²) >= 11 is 1.49. The summed E-state index contributed by atoms with van der Waals surface area (Å²) in [5.74, 6) is 0.129. The van der Waals surface area contributed by atoms with Gasteiger partial charge in [-0.05, 0) is 46.0 Å². The number of rotatable bonds is 1. The second-order valence-electron chi connectivity index (χ2n) is 5.72. The van der Waals surface area contributed by atoms with Crippen molar-refractivity contribution in [2.75, 3.05) is 0 Å². The smallest absolute Gasteiger partial charge is 0.266 e. The minimum absolute atomic E-state index is 0.129. The highest BCUT2D eigenvalue weighted by Gasteiger charge is 2.41. The second kappa shape index (κ2) is 4.87. The average Bonchev–Trinajstić information content (AvgIpc) is 2.66. The fourth-order valence-electron chi connectivity index (χ4n) is 3.53. The van der Waals surface area contributed by atoms with E-state index < -0.39 is 0 Å². The number of hydrogen-bond acceptors (Lipinski definition) is 4. The molecule has 2 fully saturated rings. The highest BCUT2D eigenvalue weighted by atomic mass is 32.1. The summed E-state index contributed by atoms with van der Waals surface area (Å²) in [6.45, 7) is 3.85. The summed E-state index contributed by atoms with van der Waals surface area (Å²) in [5.41, 5.74) is 0.844. The zero-order valence-electron chi connectivity index (χ0n) is 11.4. The van der Waals surface area contributed by atoms with Crippen LogP contribution in [0.15, 0.2) is 0 Å². The molecule has 5 heteroatoms. The molecule has 3 atom stereocenters. The molecule has 2 aliphatic rings. The molecule has 1 amide bonds. The van der Waals surface area contributed by atoms with E-state index >= 15 is 0 Å². The number of nitrogens with zero attached hydrogens (tertiary/aromatic N) is 2. The Bertz CT molecular complexity index is 486. The van der Waals surface area contributed by atoms with Crippen molar-refractivity contribution in [1.29, 1.82) is 0 Å². The normalized spacial score (nSPS) is 30.5. The minimum atomic E-state index is -0.233. The van der Waals surface area contributed by atoms with Crippen molar-refractivity contribution >= 4 is 17.2 Å². The van der Waals surface area contributed by atoms with Gasteiger partial charge >= 0.3 is 0 Å². The predicted molar refractivity (Wildman–Crippen MR) is 74.4 cm³/mol. The molecule has 0 radical (unpaired) electrons. The van der Waals surface area contributed by atoms with Crippen LogP contribution in [-0.2, 0) is 0 Å². The number of carbonyl (C=O) groups excluding carboxylic acids is 1. The number of piperidine rings is 2. The van der Waals surface area contributed by atoms with Crippen LogP contribution in [-0.4, -0.2) is 39.1 Å². The Morgan fingerprint density at radius 1 is 1.32 bits per heavy atom. The van der Waals surface area contributed by atoms with Gasteiger partial charge in [-0.2, -0.15) is 0 Å². The van der Waals surface area contributed by atoms with Gasteiger partial charge in [0, 0.05) is 12.1 Å². The molecule has 2 bridgehead atoms. The molecular formula is C14H20N2O2S. The Morgan fingerprint density at radius 2 is 1.95 bits per heavy atom. The molecule has 4 nitrogen and oxygen atoms in total. The first-order valence-electron chi connectivity index (χ1n) is 7.01. The molecular weight excluding hydrogens is 260 g/mol. The van der Waals surface area contributed by atoms with Gasteiger partial charge in [0.2, 0.25) is 0 Å². The Labute approximate surface area is 117 Å². The van der Waals surface area contributed by atoms with Crippen molar-refractivity contribution in [3.8, 4) is 0 Å². The molecule has 3 heterocycles. The SMILES string of the molecule is Cc1nc(C)c(C(=O)N2[C@@H]3CCC[C@H]2CC(O)C3)s1. The quantitative estimate of drug-likeness (QED) is 0.858. The van der Waals surface area contributed by atoms with E-state index in [4.69, 9.17) is 0 Å². The number of hydrogen-bond donors (Lipinski definition) is 1. The van der Waals surface area contributed by atoms with E-state index in [1.807, 2.05) is 18.7 Å². The van der Waals surface area contributed by atoms with Crippen molar-refractivity contribution in [3.63, 3.8) is 0 Å². The summed E-state index contributed by atoms with van der Waals surface area (Å²) in [6, 6.07) is 0.439. The van der Waals surface area contributed by atoms with E-state index in [0.717, 1.165) is 41.3 Å². The van der Waals surface area contributed by atoms with E-state index in [0.29, 0.717) is 0 Å². The number of amides is 1. The first kappa shape index (κ1) is 13.1. The lowest BCUT2D eigenvalue weighted by Gasteiger charge is -2.47. The molecule has 1 unspecified atom stereocenters. The third kappa shape index (κ3) is 2.30. The van der Waals surface area contributed by atoms with Crippen LogP contribution < -0.4 is 0 Å². The summed E-state index contributed by atoms with van der Waals surface area (Å²) in [7, 11) is 0. The maximum Gasteiger partial charge on any atom is 0.266 e. The molecule has 2 aliphatic heterocycles. The van der Waals surface area contributed by atoms with Gasteiger partial charge in [-0.25, -0.2) is 4.98 Å². The van der Waals surface area contributed by atoms with Crippen molar-refractivity contribution in [2.45, 2.75) is 64.1 Å². The average molecular weight is 280 g/mol. The molecule has 3 rings (SSSR count). The summed E-state index contributed by atoms with van der Waals surface area (Å²) in [5, 5.41) is 10.8. The molecule has 0 spiro atoms. The molecule has 19 heavy (non-hydrogen) atoms. The van der Waals surface area contributed by atoms with Gasteiger partial charge in [0.1, 0.15) is 4.88 Å². The maximum atomic E-state index is 12.8. The van der Waals surface area contributed by atoms with Gasteiger partial charge < -0.3 is 10.0 Å². The van der Waals surface area contributed by atoms with Gasteiger partial charge in [0.05, 0.1) is 16.8 Å². The van der Waals surface area contributed by atoms with Crippen LogP contribution in [0.5, 0.6) is 0 Å². The summed E-state index contributed by atoms with van der Waals surface area (Å²) in [4.78, 5) is 19.9. The third-order valence-electron chi connectivity index (χ3n) is 4.28. The zero-order chi connectivity index (χ0) is 13.6. The van der Waals surface area contributed by atoms with Crippen LogP contribution in [0, 0.1) is 13.8 Å². The largest absolute Gasteiger partial charge is 0.393 e. The lowest BCUT2D eigenvalue weighted by atomic mass is 9.83. The first-order valence-corrected chi connectivity index (χ1v) is 7.82. The molecule has 1 aromatic rings. The number of fused-ring (bicyclic) bond motifs is 2. The molecule has 0 saturated carbocycles. The van der Waals surface area contributed by atoms with E-state index in [1.165, 1.54) is 17.8 Å². The van der Waals surface area contributed by atoms with Crippen molar-refractivity contribution in [1.82, 2.24) is 9.88 Å². The van der Waals surface area contributed by atoms with Gasteiger partial charge in [0.15, 0.2) is 0 Å². The monoisotopic (exact) mass is 280 g/mol. The number of carbonyl (C=O) groups is 1. The van der Waals surface area contributed by atoms with Crippen molar-refractivity contribution in [2.24, 2.45) is 0 Å². The lowest BCUT2D eigenvalue weighted by Crippen LogP contribution is -2.55. The highest BCUT2D eigenvalue weighted by Crippen LogP contribution is 2.36. The standard InChI is InChI=1S/C14H20N2O2S/c1-8-13(19-9(2)15-8)14(18)16-10-4-3-5-11(16)7-12(17)6-10/h10-12,17H,3-7H2,1-2H3/t10-,11+,12?. The van der Waals surface area contributed by atoms with Crippen molar-refractivity contribution in [3.05, 3.63) is 15.6 Å². The first-order chi connectivity index (χ1) is 9.06. The molecule has 1 N–H and O–H groups in total. The molecule has 1 aromatic heterocycles. The van der Waals surface area contributed by atoms with Crippen LogP contribution in [0.3, 0.4) is 0 Å². The maximum absolute atomic E-state index is 12.8. The number of aliphatic hydroxyl groups excluding tert-OH is 1. The number of aliphatic hydroxyl groups is 1. The Kier molecular flexibility index (Phi) is 3.35. The van der Waals surface area contributed by atoms with E-state index in [1.54, 1.807) is 0 Å². The summed E-state index contributed by atoms with van der Waals surface area (Å²) in [6.07, 6.45) is 4.46. The van der Waals surface area contributed by atoms with Crippen molar-refractivity contribution < 1.29 is 9.90 Å². The van der Waals surface area contributed by atoms with Crippen LogP contribution in [0.2, 0.25) is 0 Å². The summed E-state index contributed by atoms with van der Waals surface area (Å²) < 4.78 is 0. The van der Waals surface area contributed by atoms with Crippen LogP contribution in [0.25, 0.3) is 0 Å². The van der Waals surface area contributed by atoms with Gasteiger partial charge in [-0.15, -0.1) is 11.3 Å².